The number of aromatic nitrogens is 3. The van der Waals surface area contributed by atoms with Crippen molar-refractivity contribution >= 4 is 28.3 Å². The van der Waals surface area contributed by atoms with Crippen LogP contribution in [0.25, 0.3) is 39.1 Å². The van der Waals surface area contributed by atoms with Gasteiger partial charge < -0.3 is 5.32 Å². The Kier molecular flexibility index (Phi) is 6.98. The van der Waals surface area contributed by atoms with Crippen molar-refractivity contribution in [2.45, 2.75) is 26.3 Å². The Bertz CT molecular complexity index is 1850. The molecule has 6 nitrogen and oxygen atoms in total. The monoisotopic (exact) mass is 551 g/mol. The van der Waals surface area contributed by atoms with Crippen molar-refractivity contribution in [1.29, 1.82) is 0 Å². The molecule has 4 heterocycles. The van der Waals surface area contributed by atoms with E-state index in [1.54, 1.807) is 0 Å². The van der Waals surface area contributed by atoms with E-state index in [9.17, 15) is 4.79 Å². The van der Waals surface area contributed by atoms with Gasteiger partial charge in [-0.1, -0.05) is 72.8 Å². The number of nitrogens with one attached hydrogen (secondary N) is 1. The molecule has 0 bridgehead atoms. The summed E-state index contributed by atoms with van der Waals surface area (Å²) in [7, 11) is 0. The van der Waals surface area contributed by atoms with Crippen LogP contribution < -0.4 is 5.32 Å². The van der Waals surface area contributed by atoms with Gasteiger partial charge in [-0.25, -0.2) is 9.97 Å². The number of piperidine rings is 1. The van der Waals surface area contributed by atoms with E-state index in [4.69, 9.17) is 4.98 Å². The minimum absolute atomic E-state index is 0.0602. The molecule has 0 spiro atoms. The number of nitrogens with zero attached hydrogens (tertiary/aromatic N) is 4. The predicted octanol–water partition coefficient (Wildman–Crippen LogP) is 7.38. The molecule has 0 radical (unpaired) electrons. The molecule has 6 aromatic rings. The van der Waals surface area contributed by atoms with Crippen molar-refractivity contribution in [2.75, 3.05) is 18.4 Å². The largest absolute Gasteiger partial charge is 0.326 e. The Labute approximate surface area is 245 Å². The molecule has 1 aliphatic heterocycles. The zero-order valence-corrected chi connectivity index (χ0v) is 23.7. The van der Waals surface area contributed by atoms with Gasteiger partial charge in [-0.3, -0.25) is 14.1 Å². The van der Waals surface area contributed by atoms with Gasteiger partial charge in [0, 0.05) is 47.1 Å². The molecule has 1 saturated heterocycles. The molecule has 6 heteroatoms. The molecule has 0 atom stereocenters. The summed E-state index contributed by atoms with van der Waals surface area (Å²) in [5.74, 6) is 0.190. The lowest BCUT2D eigenvalue weighted by Crippen LogP contribution is -2.37. The summed E-state index contributed by atoms with van der Waals surface area (Å²) in [6, 6.07) is 33.3. The van der Waals surface area contributed by atoms with Crippen molar-refractivity contribution in [3.8, 4) is 22.4 Å². The number of rotatable bonds is 6. The summed E-state index contributed by atoms with van der Waals surface area (Å²) in [4.78, 5) is 25.1. The number of likely N-dealkylation sites (tertiary alicyclic amines) is 1. The van der Waals surface area contributed by atoms with Gasteiger partial charge in [0.25, 0.3) is 0 Å². The van der Waals surface area contributed by atoms with Crippen molar-refractivity contribution in [1.82, 2.24) is 19.3 Å². The first kappa shape index (κ1) is 26.1. The van der Waals surface area contributed by atoms with E-state index in [0.29, 0.717) is 0 Å². The predicted molar refractivity (Wildman–Crippen MR) is 169 cm³/mol. The van der Waals surface area contributed by atoms with Gasteiger partial charge in [0.2, 0.25) is 5.91 Å². The fourth-order valence-electron chi connectivity index (χ4n) is 6.00. The average Bonchev–Trinajstić information content (AvgIpc) is 3.43. The molecule has 1 N–H and O–H groups in total. The summed E-state index contributed by atoms with van der Waals surface area (Å²) >= 11 is 0. The number of benzene rings is 3. The summed E-state index contributed by atoms with van der Waals surface area (Å²) in [6.07, 6.45) is 5.77. The molecule has 42 heavy (non-hydrogen) atoms. The minimum atomic E-state index is 0.0602. The molecule has 1 fully saturated rings. The van der Waals surface area contributed by atoms with E-state index < -0.39 is 0 Å². The molecule has 0 saturated carbocycles. The van der Waals surface area contributed by atoms with E-state index in [2.05, 4.69) is 93.4 Å². The second-order valence-electron chi connectivity index (χ2n) is 11.3. The number of pyridine rings is 1. The van der Waals surface area contributed by atoms with E-state index in [1.807, 2.05) is 42.6 Å². The maximum atomic E-state index is 12.7. The summed E-state index contributed by atoms with van der Waals surface area (Å²) in [5, 5.41) is 4.08. The van der Waals surface area contributed by atoms with Crippen LogP contribution >= 0.6 is 0 Å². The van der Waals surface area contributed by atoms with Crippen LogP contribution in [0.1, 0.15) is 24.0 Å². The minimum Gasteiger partial charge on any atom is -0.326 e. The molecule has 1 amide bonds. The standard InChI is InChI=1S/C36H33N5O/c1-25-20-33-37-22-30-21-32(27-8-4-2-5-9-27)34(39-35(30)41(33)23-25)28-14-12-26(13-15-28)24-40-18-16-29(17-19-40)36(42)38-31-10-6-3-7-11-31/h2-15,20-23,29H,16-19,24H2,1H3,(H,38,42). The third-order valence-electron chi connectivity index (χ3n) is 8.25. The van der Waals surface area contributed by atoms with E-state index >= 15 is 0 Å². The number of aryl methyl sites for hydroxylation is 1. The SMILES string of the molecule is Cc1cc2ncc3cc(-c4ccccc4)c(-c4ccc(CN5CCC(C(=O)Nc6ccccc6)CC5)cc4)nc3n2c1. The number of fused-ring (bicyclic) bond motifs is 3. The van der Waals surface area contributed by atoms with Crippen LogP contribution in [0.2, 0.25) is 0 Å². The van der Waals surface area contributed by atoms with Crippen LogP contribution in [0.4, 0.5) is 5.69 Å². The lowest BCUT2D eigenvalue weighted by molar-refractivity contribution is -0.121. The quantitative estimate of drug-likeness (QED) is 0.235. The molecule has 208 valence electrons. The Hall–Kier alpha value is -4.81. The normalized spacial score (nSPS) is 14.4. The molecular weight excluding hydrogens is 518 g/mol. The number of hydrogen-bond acceptors (Lipinski definition) is 4. The van der Waals surface area contributed by atoms with Crippen LogP contribution in [-0.4, -0.2) is 38.3 Å². The van der Waals surface area contributed by atoms with Gasteiger partial charge in [0.05, 0.1) is 5.69 Å². The molecule has 3 aromatic carbocycles. The van der Waals surface area contributed by atoms with Crippen LogP contribution in [-0.2, 0) is 11.3 Å². The molecular formula is C36H33N5O. The fourth-order valence-corrected chi connectivity index (χ4v) is 6.00. The van der Waals surface area contributed by atoms with E-state index in [0.717, 1.165) is 82.8 Å². The van der Waals surface area contributed by atoms with Gasteiger partial charge in [0.15, 0.2) is 0 Å². The number of carbonyl (C=O) groups is 1. The Morgan fingerprint density at radius 2 is 1.60 bits per heavy atom. The fraction of sp³-hybridized carbons (Fsp3) is 0.194. The van der Waals surface area contributed by atoms with Gasteiger partial charge in [-0.2, -0.15) is 0 Å². The summed E-state index contributed by atoms with van der Waals surface area (Å²) < 4.78 is 2.08. The second-order valence-corrected chi connectivity index (χ2v) is 11.3. The van der Waals surface area contributed by atoms with Gasteiger partial charge in [-0.05, 0) is 73.8 Å². The number of hydrogen-bond donors (Lipinski definition) is 1. The first-order valence-corrected chi connectivity index (χ1v) is 14.6. The lowest BCUT2D eigenvalue weighted by Gasteiger charge is -2.31. The van der Waals surface area contributed by atoms with Crippen molar-refractivity contribution in [3.05, 3.63) is 121 Å². The Morgan fingerprint density at radius 3 is 2.33 bits per heavy atom. The summed E-state index contributed by atoms with van der Waals surface area (Å²) in [6.45, 7) is 4.79. The highest BCUT2D eigenvalue weighted by atomic mass is 16.1. The number of amides is 1. The molecule has 1 aliphatic rings. The van der Waals surface area contributed by atoms with Gasteiger partial charge >= 0.3 is 0 Å². The van der Waals surface area contributed by atoms with Gasteiger partial charge in [-0.15, -0.1) is 0 Å². The van der Waals surface area contributed by atoms with Crippen molar-refractivity contribution in [3.63, 3.8) is 0 Å². The highest BCUT2D eigenvalue weighted by Gasteiger charge is 2.25. The highest BCUT2D eigenvalue weighted by Crippen LogP contribution is 2.34. The Morgan fingerprint density at radius 1 is 0.881 bits per heavy atom. The lowest BCUT2D eigenvalue weighted by atomic mass is 9.95. The number of anilines is 1. The zero-order chi connectivity index (χ0) is 28.5. The van der Waals surface area contributed by atoms with Crippen molar-refractivity contribution in [2.24, 2.45) is 5.92 Å². The van der Waals surface area contributed by atoms with Crippen molar-refractivity contribution < 1.29 is 4.79 Å². The highest BCUT2D eigenvalue weighted by molar-refractivity contribution is 5.93. The third-order valence-corrected chi connectivity index (χ3v) is 8.25. The first-order chi connectivity index (χ1) is 20.6. The summed E-state index contributed by atoms with van der Waals surface area (Å²) in [5.41, 5.74) is 9.38. The van der Waals surface area contributed by atoms with Gasteiger partial charge in [0.1, 0.15) is 11.3 Å². The van der Waals surface area contributed by atoms with Crippen LogP contribution in [0.15, 0.2) is 109 Å². The first-order valence-electron chi connectivity index (χ1n) is 14.6. The molecule has 0 unspecified atom stereocenters. The zero-order valence-electron chi connectivity index (χ0n) is 23.7. The molecule has 7 rings (SSSR count). The maximum absolute atomic E-state index is 12.7. The number of para-hydroxylation sites is 1. The van der Waals surface area contributed by atoms with E-state index in [1.165, 1.54) is 5.56 Å². The topological polar surface area (TPSA) is 62.5 Å². The molecule has 0 aliphatic carbocycles. The number of carbonyl (C=O) groups excluding carboxylic acids is 1. The van der Waals surface area contributed by atoms with Crippen LogP contribution in [0.5, 0.6) is 0 Å². The van der Waals surface area contributed by atoms with Crippen LogP contribution in [0.3, 0.4) is 0 Å². The van der Waals surface area contributed by atoms with Crippen LogP contribution in [0, 0.1) is 12.8 Å². The average molecular weight is 552 g/mol. The Balaban J connectivity index is 1.11. The molecule has 3 aromatic heterocycles. The van der Waals surface area contributed by atoms with E-state index in [-0.39, 0.29) is 11.8 Å². The maximum Gasteiger partial charge on any atom is 0.227 e. The third kappa shape index (κ3) is 5.29. The second kappa shape index (κ2) is 11.2. The smallest absolute Gasteiger partial charge is 0.227 e.